The number of hydrogen-bond donors (Lipinski definition) is 1. The lowest BCUT2D eigenvalue weighted by atomic mass is 10.1. The van der Waals surface area contributed by atoms with Gasteiger partial charge in [0.2, 0.25) is 0 Å². The molecule has 1 aromatic carbocycles. The third-order valence-electron chi connectivity index (χ3n) is 3.16. The standard InChI is InChI=1S/C16H20N2O/c1-3-15(17)16-10-9-14(11-18-16)19-12(2)13-7-5-4-6-8-13/h4-12,15H,3,17H2,1-2H3. The molecule has 2 unspecified atom stereocenters. The topological polar surface area (TPSA) is 48.1 Å². The van der Waals surface area contributed by atoms with Gasteiger partial charge in [-0.1, -0.05) is 37.3 Å². The van der Waals surface area contributed by atoms with E-state index in [1.165, 1.54) is 0 Å². The Balaban J connectivity index is 2.04. The predicted octanol–water partition coefficient (Wildman–Crippen LogP) is 3.63. The summed E-state index contributed by atoms with van der Waals surface area (Å²) in [4.78, 5) is 4.35. The van der Waals surface area contributed by atoms with Crippen LogP contribution >= 0.6 is 0 Å². The average molecular weight is 256 g/mol. The Morgan fingerprint density at radius 1 is 1.16 bits per heavy atom. The molecule has 2 N–H and O–H groups in total. The van der Waals surface area contributed by atoms with Crippen LogP contribution in [-0.4, -0.2) is 4.98 Å². The lowest BCUT2D eigenvalue weighted by Crippen LogP contribution is -2.10. The highest BCUT2D eigenvalue weighted by molar-refractivity contribution is 5.24. The van der Waals surface area contributed by atoms with E-state index in [1.807, 2.05) is 44.2 Å². The molecule has 0 saturated carbocycles. The van der Waals surface area contributed by atoms with E-state index in [1.54, 1.807) is 6.20 Å². The summed E-state index contributed by atoms with van der Waals surface area (Å²) < 4.78 is 5.87. The maximum Gasteiger partial charge on any atom is 0.138 e. The minimum Gasteiger partial charge on any atom is -0.484 e. The number of aromatic nitrogens is 1. The molecule has 1 aromatic heterocycles. The van der Waals surface area contributed by atoms with Crippen LogP contribution in [0.1, 0.15) is 43.7 Å². The number of nitrogens with two attached hydrogens (primary N) is 1. The fourth-order valence-corrected chi connectivity index (χ4v) is 1.89. The summed E-state index contributed by atoms with van der Waals surface area (Å²) in [7, 11) is 0. The second-order valence-electron chi connectivity index (χ2n) is 4.60. The molecule has 0 radical (unpaired) electrons. The van der Waals surface area contributed by atoms with Gasteiger partial charge in [-0.05, 0) is 31.0 Å². The van der Waals surface area contributed by atoms with Crippen molar-refractivity contribution in [3.63, 3.8) is 0 Å². The largest absolute Gasteiger partial charge is 0.484 e. The third-order valence-corrected chi connectivity index (χ3v) is 3.16. The number of pyridine rings is 1. The molecule has 0 fully saturated rings. The molecule has 0 amide bonds. The highest BCUT2D eigenvalue weighted by Crippen LogP contribution is 2.22. The van der Waals surface area contributed by atoms with Crippen molar-refractivity contribution in [3.8, 4) is 5.75 Å². The zero-order valence-electron chi connectivity index (χ0n) is 11.4. The molecule has 0 saturated heterocycles. The van der Waals surface area contributed by atoms with Gasteiger partial charge < -0.3 is 10.5 Å². The smallest absolute Gasteiger partial charge is 0.138 e. The minimum absolute atomic E-state index is 0.000553. The Bertz CT molecular complexity index is 496. The van der Waals surface area contributed by atoms with Crippen molar-refractivity contribution in [1.82, 2.24) is 4.98 Å². The molecule has 2 rings (SSSR count). The molecule has 2 aromatic rings. The van der Waals surface area contributed by atoms with Crippen molar-refractivity contribution in [2.75, 3.05) is 0 Å². The Kier molecular flexibility index (Phi) is 4.53. The van der Waals surface area contributed by atoms with Crippen molar-refractivity contribution in [3.05, 3.63) is 59.9 Å². The fourth-order valence-electron chi connectivity index (χ4n) is 1.89. The average Bonchev–Trinajstić information content (AvgIpc) is 2.48. The Labute approximate surface area is 114 Å². The summed E-state index contributed by atoms with van der Waals surface area (Å²) in [6, 6.07) is 14.0. The third kappa shape index (κ3) is 3.55. The van der Waals surface area contributed by atoms with Crippen LogP contribution < -0.4 is 10.5 Å². The first-order valence-electron chi connectivity index (χ1n) is 6.64. The molecule has 19 heavy (non-hydrogen) atoms. The summed E-state index contributed by atoms with van der Waals surface area (Å²) >= 11 is 0. The number of nitrogens with zero attached hydrogens (tertiary/aromatic N) is 1. The van der Waals surface area contributed by atoms with Crippen LogP contribution in [0.25, 0.3) is 0 Å². The number of hydrogen-bond acceptors (Lipinski definition) is 3. The lowest BCUT2D eigenvalue weighted by molar-refractivity contribution is 0.226. The van der Waals surface area contributed by atoms with E-state index >= 15 is 0 Å². The summed E-state index contributed by atoms with van der Waals surface area (Å²) in [6.45, 7) is 4.08. The molecule has 100 valence electrons. The van der Waals surface area contributed by atoms with Gasteiger partial charge in [0.05, 0.1) is 11.9 Å². The van der Waals surface area contributed by atoms with Gasteiger partial charge in [-0.25, -0.2) is 0 Å². The van der Waals surface area contributed by atoms with Crippen LogP contribution in [0.3, 0.4) is 0 Å². The molecule has 0 spiro atoms. The Morgan fingerprint density at radius 2 is 1.89 bits per heavy atom. The van der Waals surface area contributed by atoms with Crippen LogP contribution in [0.4, 0.5) is 0 Å². The minimum atomic E-state index is 0.000553. The molecule has 1 heterocycles. The van der Waals surface area contributed by atoms with Gasteiger partial charge >= 0.3 is 0 Å². The SMILES string of the molecule is CCC(N)c1ccc(OC(C)c2ccccc2)cn1. The monoisotopic (exact) mass is 256 g/mol. The van der Waals surface area contributed by atoms with E-state index in [2.05, 4.69) is 17.1 Å². The number of benzene rings is 1. The van der Waals surface area contributed by atoms with Crippen LogP contribution in [0.5, 0.6) is 5.75 Å². The van der Waals surface area contributed by atoms with E-state index in [0.29, 0.717) is 0 Å². The van der Waals surface area contributed by atoms with Gasteiger partial charge in [0.15, 0.2) is 0 Å². The van der Waals surface area contributed by atoms with Crippen LogP contribution in [0.2, 0.25) is 0 Å². The van der Waals surface area contributed by atoms with E-state index in [9.17, 15) is 0 Å². The van der Waals surface area contributed by atoms with Gasteiger partial charge in [0, 0.05) is 6.04 Å². The molecule has 3 heteroatoms. The first-order chi connectivity index (χ1) is 9.20. The summed E-state index contributed by atoms with van der Waals surface area (Å²) in [5.41, 5.74) is 7.99. The first-order valence-corrected chi connectivity index (χ1v) is 6.64. The number of ether oxygens (including phenoxy) is 1. The highest BCUT2D eigenvalue weighted by atomic mass is 16.5. The van der Waals surface area contributed by atoms with Crippen molar-refractivity contribution in [2.24, 2.45) is 5.73 Å². The van der Waals surface area contributed by atoms with Crippen LogP contribution in [0, 0.1) is 0 Å². The van der Waals surface area contributed by atoms with Crippen molar-refractivity contribution in [2.45, 2.75) is 32.4 Å². The zero-order valence-corrected chi connectivity index (χ0v) is 11.4. The zero-order chi connectivity index (χ0) is 13.7. The lowest BCUT2D eigenvalue weighted by Gasteiger charge is -2.15. The first kappa shape index (κ1) is 13.6. The molecule has 2 atom stereocenters. The molecule has 0 aliphatic carbocycles. The summed E-state index contributed by atoms with van der Waals surface area (Å²) in [6.07, 6.45) is 2.63. The number of rotatable bonds is 5. The Morgan fingerprint density at radius 3 is 2.47 bits per heavy atom. The van der Waals surface area contributed by atoms with Crippen LogP contribution in [0.15, 0.2) is 48.7 Å². The second-order valence-corrected chi connectivity index (χ2v) is 4.60. The molecule has 3 nitrogen and oxygen atoms in total. The quantitative estimate of drug-likeness (QED) is 0.888. The Hall–Kier alpha value is -1.87. The predicted molar refractivity (Wildman–Crippen MR) is 76.9 cm³/mol. The molecular formula is C16H20N2O. The van der Waals surface area contributed by atoms with Gasteiger partial charge in [-0.15, -0.1) is 0 Å². The van der Waals surface area contributed by atoms with E-state index in [0.717, 1.165) is 23.4 Å². The van der Waals surface area contributed by atoms with Gasteiger partial charge in [0.25, 0.3) is 0 Å². The summed E-state index contributed by atoms with van der Waals surface area (Å²) in [5.74, 6) is 0.767. The van der Waals surface area contributed by atoms with E-state index in [-0.39, 0.29) is 12.1 Å². The van der Waals surface area contributed by atoms with Gasteiger partial charge in [-0.2, -0.15) is 0 Å². The maximum absolute atomic E-state index is 5.93. The molecule has 0 bridgehead atoms. The summed E-state index contributed by atoms with van der Waals surface area (Å²) in [5, 5.41) is 0. The van der Waals surface area contributed by atoms with E-state index in [4.69, 9.17) is 10.5 Å². The van der Waals surface area contributed by atoms with Crippen molar-refractivity contribution in [1.29, 1.82) is 0 Å². The van der Waals surface area contributed by atoms with Gasteiger partial charge in [0.1, 0.15) is 11.9 Å². The molecule has 0 aliphatic rings. The fraction of sp³-hybridized carbons (Fsp3) is 0.312. The molecular weight excluding hydrogens is 236 g/mol. The maximum atomic E-state index is 5.93. The van der Waals surface area contributed by atoms with Crippen molar-refractivity contribution >= 4 is 0 Å². The van der Waals surface area contributed by atoms with Crippen molar-refractivity contribution < 1.29 is 4.74 Å². The van der Waals surface area contributed by atoms with E-state index < -0.39 is 0 Å². The van der Waals surface area contributed by atoms with Gasteiger partial charge in [-0.3, -0.25) is 4.98 Å². The second kappa shape index (κ2) is 6.34. The highest BCUT2D eigenvalue weighted by Gasteiger charge is 2.08. The normalized spacial score (nSPS) is 13.8. The molecule has 0 aliphatic heterocycles. The van der Waals surface area contributed by atoms with Crippen LogP contribution in [-0.2, 0) is 0 Å².